The lowest BCUT2D eigenvalue weighted by Crippen LogP contribution is -2.42. The highest BCUT2D eigenvalue weighted by atomic mass is 16.6. The van der Waals surface area contributed by atoms with Crippen molar-refractivity contribution >= 4 is 12.0 Å². The van der Waals surface area contributed by atoms with Crippen LogP contribution in [0, 0.1) is 0 Å². The third-order valence-electron chi connectivity index (χ3n) is 5.22. The van der Waals surface area contributed by atoms with Gasteiger partial charge in [0.05, 0.1) is 25.8 Å². The number of fused-ring (bicyclic) bond motifs is 1. The Morgan fingerprint density at radius 2 is 2.08 bits per heavy atom. The molecule has 136 valence electrons. The zero-order chi connectivity index (χ0) is 17.2. The van der Waals surface area contributed by atoms with Gasteiger partial charge < -0.3 is 19.4 Å². The van der Waals surface area contributed by atoms with Crippen molar-refractivity contribution in [2.75, 3.05) is 52.5 Å². The number of H-pyrrole nitrogens is 1. The molecule has 0 radical (unpaired) electrons. The third kappa shape index (κ3) is 3.36. The molecule has 3 aliphatic rings. The van der Waals surface area contributed by atoms with Gasteiger partial charge >= 0.3 is 6.09 Å². The molecular weight excluding hydrogens is 324 g/mol. The van der Waals surface area contributed by atoms with Gasteiger partial charge in [-0.2, -0.15) is 0 Å². The summed E-state index contributed by atoms with van der Waals surface area (Å²) in [7, 11) is 0. The Morgan fingerprint density at radius 3 is 2.84 bits per heavy atom. The number of likely N-dealkylation sites (tertiary alicyclic amines) is 1. The van der Waals surface area contributed by atoms with E-state index in [1.165, 1.54) is 0 Å². The van der Waals surface area contributed by atoms with Crippen LogP contribution in [-0.4, -0.2) is 96.3 Å². The highest BCUT2D eigenvalue weighted by Crippen LogP contribution is 2.28. The molecule has 1 aromatic heterocycles. The fraction of sp³-hybridized carbons (Fsp3) is 0.647. The lowest BCUT2D eigenvalue weighted by molar-refractivity contribution is 0.0362. The molecule has 4 heterocycles. The van der Waals surface area contributed by atoms with Crippen molar-refractivity contribution in [1.82, 2.24) is 19.7 Å². The maximum Gasteiger partial charge on any atom is 0.410 e. The number of nitrogens with zero attached hydrogens (tertiary/aromatic N) is 3. The molecule has 0 spiro atoms. The smallest absolute Gasteiger partial charge is 0.410 e. The first kappa shape index (κ1) is 16.4. The number of hydrogen-bond acceptors (Lipinski definition) is 5. The molecule has 3 saturated heterocycles. The Balaban J connectivity index is 1.31. The normalized spacial score (nSPS) is 26.8. The molecule has 3 fully saturated rings. The van der Waals surface area contributed by atoms with Crippen LogP contribution >= 0.6 is 0 Å². The van der Waals surface area contributed by atoms with E-state index in [9.17, 15) is 9.59 Å². The van der Waals surface area contributed by atoms with Gasteiger partial charge in [0.25, 0.3) is 5.91 Å². The number of hydrogen-bond donors (Lipinski definition) is 1. The van der Waals surface area contributed by atoms with Gasteiger partial charge in [-0.15, -0.1) is 0 Å². The first-order valence-corrected chi connectivity index (χ1v) is 8.92. The van der Waals surface area contributed by atoms with Crippen LogP contribution in [0.2, 0.25) is 0 Å². The molecule has 8 nitrogen and oxygen atoms in total. The zero-order valence-electron chi connectivity index (χ0n) is 14.2. The summed E-state index contributed by atoms with van der Waals surface area (Å²) >= 11 is 0. The number of ether oxygens (including phenoxy) is 2. The van der Waals surface area contributed by atoms with Gasteiger partial charge in [0.1, 0.15) is 11.8 Å². The van der Waals surface area contributed by atoms with Crippen LogP contribution in [0.3, 0.4) is 0 Å². The minimum atomic E-state index is -0.246. The number of nitrogens with one attached hydrogen (secondary N) is 1. The minimum Gasteiger partial charge on any atom is -0.442 e. The van der Waals surface area contributed by atoms with Crippen LogP contribution in [0.1, 0.15) is 16.9 Å². The lowest BCUT2D eigenvalue weighted by atomic mass is 10.2. The number of aromatic nitrogens is 1. The summed E-state index contributed by atoms with van der Waals surface area (Å²) in [5.41, 5.74) is 0.574. The van der Waals surface area contributed by atoms with E-state index < -0.39 is 0 Å². The summed E-state index contributed by atoms with van der Waals surface area (Å²) in [6, 6.07) is 3.54. The van der Waals surface area contributed by atoms with E-state index in [0.717, 1.165) is 39.3 Å². The number of carbonyl (C=O) groups excluding carboxylic acids is 2. The quantitative estimate of drug-likeness (QED) is 0.832. The number of carbonyl (C=O) groups is 2. The summed E-state index contributed by atoms with van der Waals surface area (Å²) in [5.74, 6) is -0.0382. The molecule has 0 saturated carbocycles. The molecule has 0 aliphatic carbocycles. The first-order chi connectivity index (χ1) is 12.2. The second kappa shape index (κ2) is 7.05. The predicted molar refractivity (Wildman–Crippen MR) is 89.3 cm³/mol. The second-order valence-corrected chi connectivity index (χ2v) is 6.78. The molecular formula is C17H24N4O4. The highest BCUT2D eigenvalue weighted by molar-refractivity contribution is 5.92. The summed E-state index contributed by atoms with van der Waals surface area (Å²) in [5, 5.41) is 0. The SMILES string of the molecule is O=C(c1ccc[nH]1)N1C[C@@H]2OC(=O)N(CCCN3CCOCC3)[C@@H]2C1. The van der Waals surface area contributed by atoms with Gasteiger partial charge in [-0.25, -0.2) is 4.79 Å². The van der Waals surface area contributed by atoms with E-state index in [4.69, 9.17) is 9.47 Å². The van der Waals surface area contributed by atoms with Crippen LogP contribution in [-0.2, 0) is 9.47 Å². The van der Waals surface area contributed by atoms with Gasteiger partial charge in [-0.3, -0.25) is 14.6 Å². The largest absolute Gasteiger partial charge is 0.442 e. The zero-order valence-corrected chi connectivity index (χ0v) is 14.2. The number of aromatic amines is 1. The van der Waals surface area contributed by atoms with E-state index in [2.05, 4.69) is 9.88 Å². The van der Waals surface area contributed by atoms with Crippen molar-refractivity contribution in [2.45, 2.75) is 18.6 Å². The van der Waals surface area contributed by atoms with Gasteiger partial charge in [0, 0.05) is 38.9 Å². The Labute approximate surface area is 146 Å². The van der Waals surface area contributed by atoms with E-state index in [1.54, 1.807) is 22.1 Å². The molecule has 1 N–H and O–H groups in total. The molecule has 2 atom stereocenters. The summed E-state index contributed by atoms with van der Waals surface area (Å²) in [6.45, 7) is 6.10. The number of rotatable bonds is 5. The van der Waals surface area contributed by atoms with Crippen molar-refractivity contribution < 1.29 is 19.1 Å². The van der Waals surface area contributed by atoms with Gasteiger partial charge in [0.2, 0.25) is 0 Å². The van der Waals surface area contributed by atoms with Crippen LogP contribution in [0.5, 0.6) is 0 Å². The molecule has 8 heteroatoms. The molecule has 2 amide bonds. The van der Waals surface area contributed by atoms with Gasteiger partial charge in [0.15, 0.2) is 0 Å². The molecule has 4 rings (SSSR count). The Kier molecular flexibility index (Phi) is 4.63. The summed E-state index contributed by atoms with van der Waals surface area (Å²) < 4.78 is 10.8. The predicted octanol–water partition coefficient (Wildman–Crippen LogP) is 0.382. The minimum absolute atomic E-state index is 0.0314. The van der Waals surface area contributed by atoms with Crippen molar-refractivity contribution in [3.63, 3.8) is 0 Å². The standard InChI is InChI=1S/C17H24N4O4/c22-16(13-3-1-4-18-13)20-11-14-15(12-20)25-17(23)21(14)6-2-5-19-7-9-24-10-8-19/h1,3-4,14-15,18H,2,5-12H2/t14-,15+/m1/s1. The van der Waals surface area contributed by atoms with Crippen LogP contribution < -0.4 is 0 Å². The van der Waals surface area contributed by atoms with Crippen molar-refractivity contribution in [1.29, 1.82) is 0 Å². The van der Waals surface area contributed by atoms with E-state index in [-0.39, 0.29) is 24.1 Å². The maximum absolute atomic E-state index is 12.5. The molecule has 25 heavy (non-hydrogen) atoms. The monoisotopic (exact) mass is 348 g/mol. The van der Waals surface area contributed by atoms with Crippen molar-refractivity contribution in [2.24, 2.45) is 0 Å². The maximum atomic E-state index is 12.5. The topological polar surface area (TPSA) is 78.1 Å². The average Bonchev–Trinajstić information content (AvgIpc) is 3.33. The lowest BCUT2D eigenvalue weighted by Gasteiger charge is -2.28. The van der Waals surface area contributed by atoms with E-state index in [1.807, 2.05) is 6.07 Å². The fourth-order valence-corrected chi connectivity index (χ4v) is 3.85. The number of morpholine rings is 1. The Hall–Kier alpha value is -2.06. The highest BCUT2D eigenvalue weighted by Gasteiger charge is 2.48. The first-order valence-electron chi connectivity index (χ1n) is 8.92. The van der Waals surface area contributed by atoms with Crippen LogP contribution in [0.4, 0.5) is 4.79 Å². The van der Waals surface area contributed by atoms with E-state index >= 15 is 0 Å². The number of amides is 2. The average molecular weight is 348 g/mol. The second-order valence-electron chi connectivity index (χ2n) is 6.78. The summed E-state index contributed by atoms with van der Waals surface area (Å²) in [6.07, 6.45) is 2.18. The van der Waals surface area contributed by atoms with Crippen molar-refractivity contribution in [3.05, 3.63) is 24.0 Å². The third-order valence-corrected chi connectivity index (χ3v) is 5.22. The Morgan fingerprint density at radius 1 is 1.24 bits per heavy atom. The van der Waals surface area contributed by atoms with Gasteiger partial charge in [-0.1, -0.05) is 0 Å². The van der Waals surface area contributed by atoms with Crippen LogP contribution in [0.25, 0.3) is 0 Å². The Bertz CT molecular complexity index is 614. The molecule has 0 unspecified atom stereocenters. The van der Waals surface area contributed by atoms with Crippen molar-refractivity contribution in [3.8, 4) is 0 Å². The van der Waals surface area contributed by atoms with Gasteiger partial charge in [-0.05, 0) is 18.6 Å². The molecule has 0 aromatic carbocycles. The molecule has 0 bridgehead atoms. The molecule has 1 aromatic rings. The van der Waals surface area contributed by atoms with E-state index in [0.29, 0.717) is 25.3 Å². The fourth-order valence-electron chi connectivity index (χ4n) is 3.85. The molecule has 3 aliphatic heterocycles. The van der Waals surface area contributed by atoms with Crippen LogP contribution in [0.15, 0.2) is 18.3 Å². The summed E-state index contributed by atoms with van der Waals surface area (Å²) in [4.78, 5) is 33.5.